The first kappa shape index (κ1) is 10.7. The summed E-state index contributed by atoms with van der Waals surface area (Å²) in [6.45, 7) is 3.94. The van der Waals surface area contributed by atoms with E-state index in [2.05, 4.69) is 4.99 Å². The lowest BCUT2D eigenvalue weighted by Gasteiger charge is -2.37. The Labute approximate surface area is 99.7 Å². The highest BCUT2D eigenvalue weighted by Gasteiger charge is 2.52. The van der Waals surface area contributed by atoms with Crippen molar-refractivity contribution in [2.24, 2.45) is 22.7 Å². The highest BCUT2D eigenvalue weighted by Crippen LogP contribution is 2.47. The summed E-state index contributed by atoms with van der Waals surface area (Å²) >= 11 is 0. The van der Waals surface area contributed by atoms with Crippen LogP contribution in [0.5, 0.6) is 0 Å². The molecule has 3 rings (SSSR count). The van der Waals surface area contributed by atoms with E-state index in [0.29, 0.717) is 11.5 Å². The van der Waals surface area contributed by atoms with Crippen LogP contribution in [0.2, 0.25) is 0 Å². The number of esters is 1. The molecule has 0 spiro atoms. The number of hydrogen-bond donors (Lipinski definition) is 0. The first-order valence-corrected chi connectivity index (χ1v) is 5.97. The predicted molar refractivity (Wildman–Crippen MR) is 61.7 cm³/mol. The molecule has 1 fully saturated rings. The summed E-state index contributed by atoms with van der Waals surface area (Å²) in [7, 11) is 0. The minimum atomic E-state index is -0.433. The van der Waals surface area contributed by atoms with Crippen LogP contribution in [0.3, 0.4) is 0 Å². The van der Waals surface area contributed by atoms with Gasteiger partial charge in [0.25, 0.3) is 0 Å². The van der Waals surface area contributed by atoms with Gasteiger partial charge in [-0.25, -0.2) is 4.79 Å². The summed E-state index contributed by atoms with van der Waals surface area (Å²) in [5.41, 5.74) is -0.0179. The molecule has 0 radical (unpaired) electrons. The van der Waals surface area contributed by atoms with E-state index < -0.39 is 5.54 Å². The predicted octanol–water partition coefficient (Wildman–Crippen LogP) is 1.15. The lowest BCUT2D eigenvalue weighted by molar-refractivity contribution is -0.139. The van der Waals surface area contributed by atoms with Gasteiger partial charge in [-0.05, 0) is 20.3 Å². The molecule has 3 aliphatic rings. The van der Waals surface area contributed by atoms with E-state index in [9.17, 15) is 9.59 Å². The van der Waals surface area contributed by atoms with Gasteiger partial charge in [-0.2, -0.15) is 0 Å². The standard InChI is InChI=1S/C13H15NO3/c1-7-12(16)17-6-13(2,14-7)10-5-8-3-4-9(10)11(8)15/h3-4,8-10H,5-6H2,1-2H3/t8-,9+,10+,13+/m1/s1. The van der Waals surface area contributed by atoms with E-state index in [1.807, 2.05) is 19.1 Å². The molecule has 4 atom stereocenters. The zero-order valence-electron chi connectivity index (χ0n) is 9.97. The summed E-state index contributed by atoms with van der Waals surface area (Å²) in [5.74, 6) is 0.176. The number of aliphatic imine (C=N–C) groups is 1. The Kier molecular flexibility index (Phi) is 2.06. The molecule has 0 aromatic heterocycles. The largest absolute Gasteiger partial charge is 0.459 e. The number of nitrogens with zero attached hydrogens (tertiary/aromatic N) is 1. The van der Waals surface area contributed by atoms with Crippen molar-refractivity contribution in [2.45, 2.75) is 25.8 Å². The molecule has 0 aromatic rings. The van der Waals surface area contributed by atoms with Gasteiger partial charge in [0, 0.05) is 17.8 Å². The second kappa shape index (κ2) is 3.28. The summed E-state index contributed by atoms with van der Waals surface area (Å²) in [5, 5.41) is 0. The Hall–Kier alpha value is -1.45. The molecule has 2 aliphatic carbocycles. The lowest BCUT2D eigenvalue weighted by Crippen LogP contribution is -2.46. The smallest absolute Gasteiger partial charge is 0.352 e. The van der Waals surface area contributed by atoms with Crippen molar-refractivity contribution in [1.82, 2.24) is 0 Å². The number of cyclic esters (lactones) is 1. The third-order valence-electron chi connectivity index (χ3n) is 4.20. The lowest BCUT2D eigenvalue weighted by atomic mass is 9.77. The first-order chi connectivity index (χ1) is 8.01. The number of hydrogen-bond acceptors (Lipinski definition) is 4. The van der Waals surface area contributed by atoms with Crippen molar-refractivity contribution in [3.8, 4) is 0 Å². The van der Waals surface area contributed by atoms with Gasteiger partial charge in [0.05, 0.1) is 5.54 Å². The normalized spacial score (nSPS) is 43.9. The van der Waals surface area contributed by atoms with Crippen molar-refractivity contribution in [2.75, 3.05) is 6.61 Å². The monoisotopic (exact) mass is 233 g/mol. The number of ketones is 1. The Morgan fingerprint density at radius 2 is 2.18 bits per heavy atom. The number of fused-ring (bicyclic) bond motifs is 2. The van der Waals surface area contributed by atoms with Crippen LogP contribution in [-0.4, -0.2) is 29.6 Å². The first-order valence-electron chi connectivity index (χ1n) is 5.97. The van der Waals surface area contributed by atoms with E-state index in [4.69, 9.17) is 4.74 Å². The number of carbonyl (C=O) groups is 2. The molecule has 4 heteroatoms. The highest BCUT2D eigenvalue weighted by molar-refractivity contribution is 6.35. The Balaban J connectivity index is 1.93. The highest BCUT2D eigenvalue weighted by atomic mass is 16.5. The SMILES string of the molecule is CC1=N[C@](C)([C@H]2C[C@H]3C=C[C@@H]2C3=O)COC1=O. The number of allylic oxidation sites excluding steroid dienone is 2. The third kappa shape index (κ3) is 1.39. The van der Waals surface area contributed by atoms with Gasteiger partial charge < -0.3 is 4.74 Å². The maximum absolute atomic E-state index is 11.9. The zero-order chi connectivity index (χ0) is 12.2. The maximum Gasteiger partial charge on any atom is 0.352 e. The van der Waals surface area contributed by atoms with Crippen molar-refractivity contribution in [3.05, 3.63) is 12.2 Å². The fourth-order valence-corrected chi connectivity index (χ4v) is 3.25. The van der Waals surface area contributed by atoms with Gasteiger partial charge in [-0.15, -0.1) is 0 Å². The van der Waals surface area contributed by atoms with Crippen LogP contribution >= 0.6 is 0 Å². The van der Waals surface area contributed by atoms with E-state index in [0.717, 1.165) is 6.42 Å². The van der Waals surface area contributed by atoms with Crippen molar-refractivity contribution >= 4 is 17.5 Å². The van der Waals surface area contributed by atoms with Crippen LogP contribution in [0.1, 0.15) is 20.3 Å². The minimum Gasteiger partial charge on any atom is -0.459 e. The Bertz CT molecular complexity index is 465. The molecule has 0 amide bonds. The van der Waals surface area contributed by atoms with Gasteiger partial charge in [-0.3, -0.25) is 9.79 Å². The molecule has 4 nitrogen and oxygen atoms in total. The quantitative estimate of drug-likeness (QED) is 0.504. The third-order valence-corrected chi connectivity index (χ3v) is 4.20. The van der Waals surface area contributed by atoms with Gasteiger partial charge in [0.1, 0.15) is 18.1 Å². The van der Waals surface area contributed by atoms with Crippen LogP contribution in [0, 0.1) is 17.8 Å². The van der Waals surface area contributed by atoms with Gasteiger partial charge >= 0.3 is 5.97 Å². The molecule has 1 aliphatic heterocycles. The summed E-state index contributed by atoms with van der Waals surface area (Å²) in [6.07, 6.45) is 4.83. The summed E-state index contributed by atoms with van der Waals surface area (Å²) in [6, 6.07) is 0. The zero-order valence-corrected chi connectivity index (χ0v) is 9.97. The van der Waals surface area contributed by atoms with Crippen LogP contribution in [0.25, 0.3) is 0 Å². The summed E-state index contributed by atoms with van der Waals surface area (Å²) in [4.78, 5) is 27.7. The van der Waals surface area contributed by atoms with Crippen molar-refractivity contribution in [3.63, 3.8) is 0 Å². The van der Waals surface area contributed by atoms with Crippen LogP contribution in [-0.2, 0) is 14.3 Å². The molecular formula is C13H15NO3. The molecular weight excluding hydrogens is 218 g/mol. The fourth-order valence-electron chi connectivity index (χ4n) is 3.25. The molecule has 0 aromatic carbocycles. The van der Waals surface area contributed by atoms with Crippen molar-refractivity contribution < 1.29 is 14.3 Å². The second-order valence-electron chi connectivity index (χ2n) is 5.39. The molecule has 0 saturated heterocycles. The number of ether oxygens (including phenoxy) is 1. The van der Waals surface area contributed by atoms with E-state index in [1.54, 1.807) is 6.92 Å². The maximum atomic E-state index is 11.9. The minimum absolute atomic E-state index is 0.0293. The van der Waals surface area contributed by atoms with Crippen LogP contribution < -0.4 is 0 Å². The van der Waals surface area contributed by atoms with Crippen LogP contribution in [0.4, 0.5) is 0 Å². The number of rotatable bonds is 1. The topological polar surface area (TPSA) is 55.7 Å². The molecule has 1 heterocycles. The molecule has 0 unspecified atom stereocenters. The van der Waals surface area contributed by atoms with E-state index >= 15 is 0 Å². The molecule has 1 saturated carbocycles. The Morgan fingerprint density at radius 3 is 2.71 bits per heavy atom. The van der Waals surface area contributed by atoms with Crippen molar-refractivity contribution in [1.29, 1.82) is 0 Å². The average Bonchev–Trinajstić information content (AvgIpc) is 2.81. The second-order valence-corrected chi connectivity index (χ2v) is 5.39. The van der Waals surface area contributed by atoms with Gasteiger partial charge in [0.2, 0.25) is 0 Å². The van der Waals surface area contributed by atoms with Gasteiger partial charge in [0.15, 0.2) is 0 Å². The van der Waals surface area contributed by atoms with Gasteiger partial charge in [-0.1, -0.05) is 12.2 Å². The number of carbonyl (C=O) groups excluding carboxylic acids is 2. The van der Waals surface area contributed by atoms with E-state index in [-0.39, 0.29) is 30.3 Å². The Morgan fingerprint density at radius 1 is 1.41 bits per heavy atom. The summed E-state index contributed by atoms with van der Waals surface area (Å²) < 4.78 is 5.16. The van der Waals surface area contributed by atoms with E-state index in [1.165, 1.54) is 0 Å². The molecule has 90 valence electrons. The molecule has 17 heavy (non-hydrogen) atoms. The van der Waals surface area contributed by atoms with Crippen LogP contribution in [0.15, 0.2) is 17.1 Å². The fraction of sp³-hybridized carbons (Fsp3) is 0.615. The average molecular weight is 233 g/mol. The number of Topliss-reactive ketones (excluding diaryl/α,β-unsaturated/α-hetero) is 1. The molecule has 2 bridgehead atoms. The molecule has 0 N–H and O–H groups in total.